The van der Waals surface area contributed by atoms with Crippen LogP contribution in [-0.2, 0) is 0 Å². The summed E-state index contributed by atoms with van der Waals surface area (Å²) in [5, 5.41) is 3.59. The largest absolute Gasteiger partial charge is 0.310 e. The van der Waals surface area contributed by atoms with Crippen molar-refractivity contribution < 1.29 is 0 Å². The van der Waals surface area contributed by atoms with Gasteiger partial charge in [0.15, 0.2) is 0 Å². The molecular weight excluding hydrogens is 286 g/mol. The van der Waals surface area contributed by atoms with Crippen LogP contribution in [0.15, 0.2) is 28.7 Å². The summed E-state index contributed by atoms with van der Waals surface area (Å²) in [7, 11) is 0. The monoisotopic (exact) mass is 311 g/mol. The highest BCUT2D eigenvalue weighted by molar-refractivity contribution is 9.10. The van der Waals surface area contributed by atoms with Crippen molar-refractivity contribution in [1.82, 2.24) is 5.32 Å². The number of halogens is 1. The maximum absolute atomic E-state index is 3.59. The molecule has 2 heteroatoms. The van der Waals surface area contributed by atoms with Gasteiger partial charge in [0, 0.05) is 10.5 Å². The van der Waals surface area contributed by atoms with E-state index >= 15 is 0 Å². The lowest BCUT2D eigenvalue weighted by Crippen LogP contribution is -2.19. The molecule has 0 fully saturated rings. The Hall–Kier alpha value is -0.340. The van der Waals surface area contributed by atoms with Crippen molar-refractivity contribution in [3.63, 3.8) is 0 Å². The van der Waals surface area contributed by atoms with Gasteiger partial charge in [-0.2, -0.15) is 0 Å². The third kappa shape index (κ3) is 6.55. The number of unbranched alkanes of at least 4 members (excludes halogenated alkanes) is 5. The van der Waals surface area contributed by atoms with Crippen molar-refractivity contribution in [3.8, 4) is 0 Å². The molecule has 0 heterocycles. The molecule has 18 heavy (non-hydrogen) atoms. The average Bonchev–Trinajstić information content (AvgIpc) is 2.38. The quantitative estimate of drug-likeness (QED) is 0.597. The van der Waals surface area contributed by atoms with E-state index in [1.165, 1.54) is 44.1 Å². The second-order valence-electron chi connectivity index (χ2n) is 5.00. The average molecular weight is 312 g/mol. The molecule has 0 aliphatic carbocycles. The number of rotatable bonds is 9. The highest BCUT2D eigenvalue weighted by Gasteiger charge is 2.03. The predicted molar refractivity (Wildman–Crippen MR) is 83.9 cm³/mol. The van der Waals surface area contributed by atoms with E-state index in [0.717, 1.165) is 11.0 Å². The minimum absolute atomic E-state index is 0.453. The summed E-state index contributed by atoms with van der Waals surface area (Å²) in [6.07, 6.45) is 8.17. The highest BCUT2D eigenvalue weighted by atomic mass is 79.9. The van der Waals surface area contributed by atoms with Crippen LogP contribution in [0.1, 0.15) is 64.0 Å². The molecule has 1 nitrogen and oxygen atoms in total. The topological polar surface area (TPSA) is 12.0 Å². The summed E-state index contributed by atoms with van der Waals surface area (Å²) < 4.78 is 1.15. The van der Waals surface area contributed by atoms with Gasteiger partial charge in [-0.15, -0.1) is 0 Å². The third-order valence-electron chi connectivity index (χ3n) is 3.35. The Labute approximate surface area is 120 Å². The molecule has 1 aromatic rings. The first-order valence-electron chi connectivity index (χ1n) is 7.23. The van der Waals surface area contributed by atoms with Crippen molar-refractivity contribution in [2.24, 2.45) is 0 Å². The molecule has 1 atom stereocenters. The Balaban J connectivity index is 2.10. The second kappa shape index (κ2) is 9.57. The standard InChI is InChI=1S/C16H26BrN/c1-3-4-5-6-7-8-13-18-14(2)15-9-11-16(17)12-10-15/h9-12,14,18H,3-8,13H2,1-2H3/t14-/m0/s1. The van der Waals surface area contributed by atoms with E-state index in [1.807, 2.05) is 0 Å². The van der Waals surface area contributed by atoms with Gasteiger partial charge in [0.05, 0.1) is 0 Å². The summed E-state index contributed by atoms with van der Waals surface area (Å²) in [6.45, 7) is 5.63. The van der Waals surface area contributed by atoms with E-state index in [1.54, 1.807) is 0 Å². The zero-order valence-electron chi connectivity index (χ0n) is 11.7. The van der Waals surface area contributed by atoms with Crippen LogP contribution in [0.2, 0.25) is 0 Å². The molecule has 0 unspecified atom stereocenters. The molecule has 0 aliphatic rings. The predicted octanol–water partition coefficient (Wildman–Crippen LogP) is 5.46. The Morgan fingerprint density at radius 1 is 1.00 bits per heavy atom. The van der Waals surface area contributed by atoms with Crippen molar-refractivity contribution in [1.29, 1.82) is 0 Å². The molecule has 0 amide bonds. The molecule has 0 aliphatic heterocycles. The minimum Gasteiger partial charge on any atom is -0.310 e. The SMILES string of the molecule is CCCCCCCCN[C@@H](C)c1ccc(Br)cc1. The van der Waals surface area contributed by atoms with Gasteiger partial charge in [0.25, 0.3) is 0 Å². The zero-order valence-corrected chi connectivity index (χ0v) is 13.3. The van der Waals surface area contributed by atoms with Crippen LogP contribution in [0.25, 0.3) is 0 Å². The number of hydrogen-bond donors (Lipinski definition) is 1. The Kier molecular flexibility index (Phi) is 8.36. The van der Waals surface area contributed by atoms with Crippen molar-refractivity contribution in [2.75, 3.05) is 6.54 Å². The van der Waals surface area contributed by atoms with Crippen LogP contribution in [0.3, 0.4) is 0 Å². The Morgan fingerprint density at radius 2 is 1.61 bits per heavy atom. The molecule has 0 spiro atoms. The summed E-state index contributed by atoms with van der Waals surface area (Å²) in [4.78, 5) is 0. The fourth-order valence-corrected chi connectivity index (χ4v) is 2.36. The summed E-state index contributed by atoms with van der Waals surface area (Å²) in [6, 6.07) is 9.04. The normalized spacial score (nSPS) is 12.6. The fourth-order valence-electron chi connectivity index (χ4n) is 2.09. The third-order valence-corrected chi connectivity index (χ3v) is 3.88. The molecule has 0 aromatic heterocycles. The van der Waals surface area contributed by atoms with E-state index in [4.69, 9.17) is 0 Å². The zero-order chi connectivity index (χ0) is 13.2. The number of nitrogens with one attached hydrogen (secondary N) is 1. The minimum atomic E-state index is 0.453. The highest BCUT2D eigenvalue weighted by Crippen LogP contribution is 2.16. The molecule has 0 saturated heterocycles. The van der Waals surface area contributed by atoms with E-state index in [0.29, 0.717) is 6.04 Å². The van der Waals surface area contributed by atoms with E-state index < -0.39 is 0 Å². The first kappa shape index (κ1) is 15.7. The van der Waals surface area contributed by atoms with Gasteiger partial charge in [0.1, 0.15) is 0 Å². The lowest BCUT2D eigenvalue weighted by atomic mass is 10.1. The lowest BCUT2D eigenvalue weighted by molar-refractivity contribution is 0.527. The van der Waals surface area contributed by atoms with Crippen LogP contribution in [0.5, 0.6) is 0 Å². The first-order chi connectivity index (χ1) is 8.74. The van der Waals surface area contributed by atoms with E-state index in [2.05, 4.69) is 59.4 Å². The molecule has 0 bridgehead atoms. The lowest BCUT2D eigenvalue weighted by Gasteiger charge is -2.14. The summed E-state index contributed by atoms with van der Waals surface area (Å²) in [5.41, 5.74) is 1.36. The van der Waals surface area contributed by atoms with E-state index in [-0.39, 0.29) is 0 Å². The van der Waals surface area contributed by atoms with Gasteiger partial charge in [-0.05, 0) is 37.6 Å². The smallest absolute Gasteiger partial charge is 0.0291 e. The van der Waals surface area contributed by atoms with Gasteiger partial charge in [-0.25, -0.2) is 0 Å². The van der Waals surface area contributed by atoms with Crippen molar-refractivity contribution >= 4 is 15.9 Å². The van der Waals surface area contributed by atoms with Gasteiger partial charge >= 0.3 is 0 Å². The molecule has 0 radical (unpaired) electrons. The molecule has 1 rings (SSSR count). The molecular formula is C16H26BrN. The number of hydrogen-bond acceptors (Lipinski definition) is 1. The van der Waals surface area contributed by atoms with Crippen LogP contribution >= 0.6 is 15.9 Å². The maximum atomic E-state index is 3.59. The van der Waals surface area contributed by atoms with Crippen LogP contribution < -0.4 is 5.32 Å². The summed E-state index contributed by atoms with van der Waals surface area (Å²) in [5.74, 6) is 0. The Morgan fingerprint density at radius 3 is 2.28 bits per heavy atom. The summed E-state index contributed by atoms with van der Waals surface area (Å²) >= 11 is 3.47. The maximum Gasteiger partial charge on any atom is 0.0291 e. The molecule has 1 N–H and O–H groups in total. The van der Waals surface area contributed by atoms with Gasteiger partial charge in [0.2, 0.25) is 0 Å². The van der Waals surface area contributed by atoms with Crippen molar-refractivity contribution in [2.45, 2.75) is 58.4 Å². The second-order valence-corrected chi connectivity index (χ2v) is 5.91. The number of benzene rings is 1. The van der Waals surface area contributed by atoms with Crippen LogP contribution in [0.4, 0.5) is 0 Å². The Bertz CT molecular complexity index is 307. The fraction of sp³-hybridized carbons (Fsp3) is 0.625. The van der Waals surface area contributed by atoms with Crippen molar-refractivity contribution in [3.05, 3.63) is 34.3 Å². The van der Waals surface area contributed by atoms with E-state index in [9.17, 15) is 0 Å². The van der Waals surface area contributed by atoms with Gasteiger partial charge < -0.3 is 5.32 Å². The van der Waals surface area contributed by atoms with Gasteiger partial charge in [-0.3, -0.25) is 0 Å². The molecule has 102 valence electrons. The van der Waals surface area contributed by atoms with Crippen LogP contribution in [0, 0.1) is 0 Å². The van der Waals surface area contributed by atoms with Gasteiger partial charge in [-0.1, -0.05) is 67.1 Å². The van der Waals surface area contributed by atoms with Crippen LogP contribution in [-0.4, -0.2) is 6.54 Å². The molecule has 0 saturated carbocycles. The first-order valence-corrected chi connectivity index (χ1v) is 8.02. The molecule has 1 aromatic carbocycles.